The summed E-state index contributed by atoms with van der Waals surface area (Å²) in [7, 11) is 0. The van der Waals surface area contributed by atoms with Crippen LogP contribution in [-0.4, -0.2) is 13.2 Å². The molecule has 0 heterocycles. The number of benzene rings is 1. The minimum absolute atomic E-state index is 0.682. The van der Waals surface area contributed by atoms with Crippen LogP contribution in [0.3, 0.4) is 0 Å². The van der Waals surface area contributed by atoms with E-state index < -0.39 is 0 Å². The van der Waals surface area contributed by atoms with E-state index in [1.165, 1.54) is 17.5 Å². The number of rotatable bonds is 6. The van der Waals surface area contributed by atoms with Crippen molar-refractivity contribution in [1.29, 1.82) is 0 Å². The first-order valence-corrected chi connectivity index (χ1v) is 7.30. The maximum atomic E-state index is 5.87. The van der Waals surface area contributed by atoms with Gasteiger partial charge >= 0.3 is 0 Å². The van der Waals surface area contributed by atoms with Crippen LogP contribution in [0.15, 0.2) is 36.4 Å². The Morgan fingerprint density at radius 1 is 1.11 bits per heavy atom. The molecule has 1 aromatic rings. The van der Waals surface area contributed by atoms with Crippen molar-refractivity contribution in [3.8, 4) is 0 Å². The van der Waals surface area contributed by atoms with Gasteiger partial charge in [-0.2, -0.15) is 0 Å². The van der Waals surface area contributed by atoms with Crippen LogP contribution < -0.4 is 5.73 Å². The molecular formula is C17H25NO. The van der Waals surface area contributed by atoms with E-state index in [1.54, 1.807) is 0 Å². The fourth-order valence-corrected chi connectivity index (χ4v) is 2.54. The molecule has 2 rings (SSSR count). The lowest BCUT2D eigenvalue weighted by Gasteiger charge is -2.24. The van der Waals surface area contributed by atoms with Crippen molar-refractivity contribution in [2.45, 2.75) is 32.8 Å². The molecule has 0 bridgehead atoms. The van der Waals surface area contributed by atoms with Gasteiger partial charge in [-0.15, -0.1) is 0 Å². The predicted octanol–water partition coefficient (Wildman–Crippen LogP) is 3.31. The summed E-state index contributed by atoms with van der Waals surface area (Å²) in [4.78, 5) is 0. The molecule has 104 valence electrons. The molecule has 2 heteroatoms. The first-order chi connectivity index (χ1) is 9.29. The van der Waals surface area contributed by atoms with Gasteiger partial charge in [0.15, 0.2) is 0 Å². The predicted molar refractivity (Wildman–Crippen MR) is 79.9 cm³/mol. The first-order valence-electron chi connectivity index (χ1n) is 7.30. The number of ether oxygens (including phenoxy) is 1. The molecule has 19 heavy (non-hydrogen) atoms. The Morgan fingerprint density at radius 2 is 1.79 bits per heavy atom. The molecule has 1 aromatic carbocycles. The van der Waals surface area contributed by atoms with Crippen molar-refractivity contribution < 1.29 is 4.74 Å². The van der Waals surface area contributed by atoms with Crippen molar-refractivity contribution in [3.05, 3.63) is 47.5 Å². The summed E-state index contributed by atoms with van der Waals surface area (Å²) in [6, 6.07) is 8.60. The van der Waals surface area contributed by atoms with Gasteiger partial charge in [0, 0.05) is 0 Å². The molecule has 0 amide bonds. The van der Waals surface area contributed by atoms with E-state index >= 15 is 0 Å². The fraction of sp³-hybridized carbons (Fsp3) is 0.529. The fourth-order valence-electron chi connectivity index (χ4n) is 2.54. The van der Waals surface area contributed by atoms with Crippen LogP contribution in [0.1, 0.15) is 30.9 Å². The second-order valence-corrected chi connectivity index (χ2v) is 5.55. The third-order valence-corrected chi connectivity index (χ3v) is 3.97. The van der Waals surface area contributed by atoms with Crippen LogP contribution in [0, 0.1) is 11.8 Å². The monoisotopic (exact) mass is 259 g/mol. The molecule has 0 radical (unpaired) electrons. The molecule has 0 saturated heterocycles. The Kier molecular flexibility index (Phi) is 5.62. The molecule has 2 unspecified atom stereocenters. The highest BCUT2D eigenvalue weighted by atomic mass is 16.5. The molecule has 0 saturated carbocycles. The third-order valence-electron chi connectivity index (χ3n) is 3.97. The highest BCUT2D eigenvalue weighted by molar-refractivity contribution is 5.22. The zero-order chi connectivity index (χ0) is 13.5. The van der Waals surface area contributed by atoms with Crippen molar-refractivity contribution in [2.24, 2.45) is 17.6 Å². The van der Waals surface area contributed by atoms with Crippen molar-refractivity contribution in [2.75, 3.05) is 13.2 Å². The smallest absolute Gasteiger partial charge is 0.0717 e. The number of hydrogen-bond acceptors (Lipinski definition) is 2. The van der Waals surface area contributed by atoms with Gasteiger partial charge in [0.2, 0.25) is 0 Å². The van der Waals surface area contributed by atoms with E-state index in [-0.39, 0.29) is 0 Å². The lowest BCUT2D eigenvalue weighted by molar-refractivity contribution is 0.0680. The molecule has 2 N–H and O–H groups in total. The van der Waals surface area contributed by atoms with Gasteiger partial charge in [-0.1, -0.05) is 43.3 Å². The van der Waals surface area contributed by atoms with Gasteiger partial charge < -0.3 is 10.5 Å². The highest BCUT2D eigenvalue weighted by Crippen LogP contribution is 2.25. The molecule has 0 spiro atoms. The van der Waals surface area contributed by atoms with Gasteiger partial charge in [-0.25, -0.2) is 0 Å². The Hall–Kier alpha value is -1.12. The quantitative estimate of drug-likeness (QED) is 0.796. The van der Waals surface area contributed by atoms with E-state index in [0.717, 1.165) is 32.0 Å². The summed E-state index contributed by atoms with van der Waals surface area (Å²) in [5.41, 5.74) is 8.10. The number of allylic oxidation sites excluding steroid dienone is 2. The number of hydrogen-bond donors (Lipinski definition) is 1. The van der Waals surface area contributed by atoms with E-state index in [1.807, 2.05) is 0 Å². The largest absolute Gasteiger partial charge is 0.376 e. The lowest BCUT2D eigenvalue weighted by Crippen LogP contribution is -2.19. The van der Waals surface area contributed by atoms with E-state index in [2.05, 4.69) is 43.3 Å². The minimum atomic E-state index is 0.682. The van der Waals surface area contributed by atoms with Gasteiger partial charge in [-0.05, 0) is 48.8 Å². The first kappa shape index (κ1) is 14.3. The van der Waals surface area contributed by atoms with Crippen LogP contribution in [0.2, 0.25) is 0 Å². The molecule has 1 aliphatic carbocycles. The van der Waals surface area contributed by atoms with Crippen LogP contribution in [0.4, 0.5) is 0 Å². The Labute approximate surface area is 116 Å². The van der Waals surface area contributed by atoms with Crippen molar-refractivity contribution >= 4 is 0 Å². The average Bonchev–Trinajstić information content (AvgIpc) is 2.43. The van der Waals surface area contributed by atoms with Crippen molar-refractivity contribution in [3.63, 3.8) is 0 Å². The summed E-state index contributed by atoms with van der Waals surface area (Å²) in [6.45, 7) is 4.62. The summed E-state index contributed by atoms with van der Waals surface area (Å²) in [5.74, 6) is 1.43. The van der Waals surface area contributed by atoms with Gasteiger partial charge in [0.1, 0.15) is 0 Å². The van der Waals surface area contributed by atoms with E-state index in [4.69, 9.17) is 10.5 Å². The Balaban J connectivity index is 1.74. The number of nitrogens with two attached hydrogens (primary N) is 1. The second-order valence-electron chi connectivity index (χ2n) is 5.55. The lowest BCUT2D eigenvalue weighted by atomic mass is 9.85. The Bertz CT molecular complexity index is 396. The van der Waals surface area contributed by atoms with Gasteiger partial charge in [0.25, 0.3) is 0 Å². The molecule has 1 aliphatic rings. The summed E-state index contributed by atoms with van der Waals surface area (Å²) < 4.78 is 5.87. The summed E-state index contributed by atoms with van der Waals surface area (Å²) in [5, 5.41) is 0. The summed E-state index contributed by atoms with van der Waals surface area (Å²) >= 11 is 0. The van der Waals surface area contributed by atoms with Crippen LogP contribution >= 0.6 is 0 Å². The van der Waals surface area contributed by atoms with Crippen LogP contribution in [0.25, 0.3) is 0 Å². The maximum Gasteiger partial charge on any atom is 0.0717 e. The van der Waals surface area contributed by atoms with E-state index in [9.17, 15) is 0 Å². The normalized spacial score (nSPS) is 22.6. The maximum absolute atomic E-state index is 5.87. The zero-order valence-electron chi connectivity index (χ0n) is 11.8. The van der Waals surface area contributed by atoms with Gasteiger partial charge in [0.05, 0.1) is 13.2 Å². The third kappa shape index (κ3) is 4.48. The standard InChI is InChI=1S/C17H25NO/c1-14-4-2-3-5-17(14)13-19-12-16-8-6-15(7-9-16)10-11-18/h2-3,6-9,14,17H,4-5,10-13,18H2,1H3. The van der Waals surface area contributed by atoms with Crippen LogP contribution in [0.5, 0.6) is 0 Å². The molecule has 0 fully saturated rings. The minimum Gasteiger partial charge on any atom is -0.376 e. The molecule has 2 nitrogen and oxygen atoms in total. The van der Waals surface area contributed by atoms with E-state index in [0.29, 0.717) is 12.5 Å². The molecule has 0 aliphatic heterocycles. The SMILES string of the molecule is CC1CC=CCC1COCc1ccc(CCN)cc1. The topological polar surface area (TPSA) is 35.2 Å². The second kappa shape index (κ2) is 7.46. The zero-order valence-corrected chi connectivity index (χ0v) is 11.8. The Morgan fingerprint density at radius 3 is 2.47 bits per heavy atom. The van der Waals surface area contributed by atoms with Crippen molar-refractivity contribution in [1.82, 2.24) is 0 Å². The molecule has 2 atom stereocenters. The molecular weight excluding hydrogens is 234 g/mol. The highest BCUT2D eigenvalue weighted by Gasteiger charge is 2.18. The van der Waals surface area contributed by atoms with Gasteiger partial charge in [-0.3, -0.25) is 0 Å². The molecule has 0 aromatic heterocycles. The summed E-state index contributed by atoms with van der Waals surface area (Å²) in [6.07, 6.45) is 7.89. The average molecular weight is 259 g/mol. The van der Waals surface area contributed by atoms with Crippen LogP contribution in [-0.2, 0) is 17.8 Å².